The summed E-state index contributed by atoms with van der Waals surface area (Å²) in [5, 5.41) is 0. The summed E-state index contributed by atoms with van der Waals surface area (Å²) in [6, 6.07) is 0. The summed E-state index contributed by atoms with van der Waals surface area (Å²) in [4.78, 5) is 10.4. The van der Waals surface area contributed by atoms with Crippen LogP contribution < -0.4 is 5.73 Å². The first-order valence-electron chi connectivity index (χ1n) is 3.99. The van der Waals surface area contributed by atoms with Crippen molar-refractivity contribution in [2.45, 2.75) is 27.0 Å². The predicted molar refractivity (Wildman–Crippen MR) is 33.9 cm³/mol. The summed E-state index contributed by atoms with van der Waals surface area (Å²) in [6.45, 7) is 0. The van der Waals surface area contributed by atoms with E-state index in [1.54, 1.807) is 0 Å². The molecular weight excluding hydrogens is 233 g/mol. The molecule has 0 saturated heterocycles. The molecule has 0 aliphatic heterocycles. The summed E-state index contributed by atoms with van der Waals surface area (Å²) in [5.41, 5.74) is 9.82. The number of hydrogen-bond acceptors (Lipinski definition) is 1. The van der Waals surface area contributed by atoms with Gasteiger partial charge in [-0.15, -0.1) is 0 Å². The maximum absolute atomic E-state index is 10.4. The third kappa shape index (κ3) is 5.50. The molecule has 4 heteroatoms. The van der Waals surface area contributed by atoms with Crippen molar-refractivity contribution in [2.24, 2.45) is 5.73 Å². The molecule has 0 unspecified atom stereocenters. The van der Waals surface area contributed by atoms with Crippen LogP contribution in [0.4, 0.5) is 0 Å². The van der Waals surface area contributed by atoms with Crippen LogP contribution >= 0.6 is 0 Å². The quantitative estimate of drug-likeness (QED) is 0.729. The Morgan fingerprint density at radius 2 is 2.00 bits per heavy atom. The zero-order valence-electron chi connectivity index (χ0n) is 6.89. The first-order valence-corrected chi connectivity index (χ1v) is 13.3. The van der Waals surface area contributed by atoms with Crippen LogP contribution in [0.2, 0.25) is 14.1 Å². The third-order valence-corrected chi connectivity index (χ3v) is 21.1. The zero-order chi connectivity index (χ0) is 7.98. The molecule has 0 aliphatic carbocycles. The van der Waals surface area contributed by atoms with Crippen LogP contribution in [-0.2, 0) is 39.0 Å². The van der Waals surface area contributed by atoms with Crippen LogP contribution in [0.5, 0.6) is 0 Å². The normalized spacial score (nSPS) is 8.70. The second kappa shape index (κ2) is 6.43. The number of hydrogen-bond donors (Lipinski definition) is 1. The molecule has 0 saturated carbocycles. The van der Waals surface area contributed by atoms with Crippen molar-refractivity contribution < 1.29 is 39.0 Å². The van der Waals surface area contributed by atoms with Crippen molar-refractivity contribution in [3.05, 3.63) is 0 Å². The Morgan fingerprint density at radius 3 is 2.30 bits per heavy atom. The van der Waals surface area contributed by atoms with Gasteiger partial charge in [0.05, 0.1) is 0 Å². The minimum absolute atomic E-state index is 0.114. The van der Waals surface area contributed by atoms with Crippen LogP contribution in [0.3, 0.4) is 0 Å². The second-order valence-electron chi connectivity index (χ2n) is 2.69. The van der Waals surface area contributed by atoms with Crippen molar-refractivity contribution in [2.75, 3.05) is 0 Å². The Kier molecular flexibility index (Phi) is 6.89. The Bertz CT molecular complexity index is 104. The van der Waals surface area contributed by atoms with E-state index in [1.165, 1.54) is 0 Å². The molecule has 0 bridgehead atoms. The van der Waals surface area contributed by atoms with Crippen molar-refractivity contribution in [3.8, 4) is 0 Å². The Morgan fingerprint density at radius 1 is 1.50 bits per heavy atom. The summed E-state index contributed by atoms with van der Waals surface area (Å²) in [6.07, 6.45) is 1.77. The molecule has 0 aliphatic rings. The van der Waals surface area contributed by atoms with E-state index in [1.807, 2.05) is 0 Å². The van der Waals surface area contributed by atoms with Crippen LogP contribution in [0, 0.1) is 0 Å². The van der Waals surface area contributed by atoms with Crippen molar-refractivity contribution in [1.29, 1.82) is 0 Å². The summed E-state index contributed by atoms with van der Waals surface area (Å²) >= 11 is -0.434. The van der Waals surface area contributed by atoms with Crippen molar-refractivity contribution >= 4 is 5.91 Å². The molecule has 10 heavy (non-hydrogen) atoms. The van der Waals surface area contributed by atoms with E-state index in [0.717, 1.165) is 9.53 Å². The fourth-order valence-corrected chi connectivity index (χ4v) is 11.1. The van der Waals surface area contributed by atoms with Gasteiger partial charge < -0.3 is 0 Å². The van der Waals surface area contributed by atoms with Gasteiger partial charge in [-0.3, -0.25) is 0 Å². The van der Waals surface area contributed by atoms with E-state index < -0.39 is 0 Å². The average Bonchev–Trinajstić information content (AvgIpc) is 1.90. The van der Waals surface area contributed by atoms with E-state index in [0.29, 0.717) is 6.42 Å². The van der Waals surface area contributed by atoms with Crippen LogP contribution in [-0.4, -0.2) is 5.91 Å². The van der Waals surface area contributed by atoms with Gasteiger partial charge in [0.2, 0.25) is 0 Å². The van der Waals surface area contributed by atoms with Gasteiger partial charge in [0.1, 0.15) is 0 Å². The first kappa shape index (κ1) is 10.7. The van der Waals surface area contributed by atoms with Gasteiger partial charge in [-0.05, 0) is 0 Å². The molecule has 2 nitrogen and oxygen atoms in total. The molecule has 0 fully saturated rings. The molecule has 2 N–H and O–H groups in total. The summed E-state index contributed by atoms with van der Waals surface area (Å²) in [5.74, 6) is -0.114. The Hall–Kier alpha value is 0.717. The van der Waals surface area contributed by atoms with Gasteiger partial charge in [-0.1, -0.05) is 0 Å². The molecule has 0 radical (unpaired) electrons. The molecule has 1 amide bonds. The van der Waals surface area contributed by atoms with E-state index in [-0.39, 0.29) is 40.2 Å². The van der Waals surface area contributed by atoms with Crippen LogP contribution in [0.1, 0.15) is 12.8 Å². The third-order valence-electron chi connectivity index (χ3n) is 1.95. The standard InChI is InChI=1S/C4H7NO.2CH3.2Zn/c1-2-3-4(5)6;;;;/h1H,2-3H2,(H2,5,6);2*1H3;;. The van der Waals surface area contributed by atoms with Gasteiger partial charge in [-0.2, -0.15) is 0 Å². The predicted octanol–water partition coefficient (Wildman–Crippen LogP) is 1.26. The number of amides is 1. The number of rotatable bonds is 5. The van der Waals surface area contributed by atoms with Gasteiger partial charge >= 0.3 is 77.7 Å². The number of primary amides is 1. The molecule has 0 atom stereocenters. The topological polar surface area (TPSA) is 43.1 Å². The van der Waals surface area contributed by atoms with Gasteiger partial charge in [0, 0.05) is 0 Å². The average molecular weight is 246 g/mol. The van der Waals surface area contributed by atoms with Crippen LogP contribution in [0.25, 0.3) is 0 Å². The molecule has 0 heterocycles. The molecular formula is C6H13NOZn2. The molecule has 0 aromatic heterocycles. The molecule has 0 aromatic carbocycles. The molecule has 0 rings (SSSR count). The number of carbonyl (C=O) groups is 1. The van der Waals surface area contributed by atoms with E-state index in [4.69, 9.17) is 5.73 Å². The second-order valence-corrected chi connectivity index (χ2v) is 16.0. The van der Waals surface area contributed by atoms with Gasteiger partial charge in [0.25, 0.3) is 0 Å². The Balaban J connectivity index is 3.34. The summed E-state index contributed by atoms with van der Waals surface area (Å²) in [7, 11) is 0. The number of carbonyl (C=O) groups excluding carboxylic acids is 1. The molecule has 0 aromatic rings. The molecule has 0 spiro atoms. The van der Waals surface area contributed by atoms with Crippen molar-refractivity contribution in [1.82, 2.24) is 0 Å². The Labute approximate surface area is 77.5 Å². The monoisotopic (exact) mass is 243 g/mol. The van der Waals surface area contributed by atoms with E-state index in [9.17, 15) is 4.79 Å². The fraction of sp³-hybridized carbons (Fsp3) is 0.833. The SMILES string of the molecule is [CH3][Zn][CH](CCC(N)=O)[Zn][CH3]. The zero-order valence-corrected chi connectivity index (χ0v) is 12.8. The minimum atomic E-state index is -0.217. The fourth-order valence-electron chi connectivity index (χ4n) is 1.04. The van der Waals surface area contributed by atoms with Crippen LogP contribution in [0.15, 0.2) is 0 Å². The molecule has 52 valence electrons. The first-order chi connectivity index (χ1) is 4.70. The summed E-state index contributed by atoms with van der Waals surface area (Å²) < 4.78 is 1.06. The van der Waals surface area contributed by atoms with E-state index >= 15 is 0 Å². The van der Waals surface area contributed by atoms with E-state index in [2.05, 4.69) is 11.0 Å². The number of nitrogens with two attached hydrogens (primary N) is 1. The maximum atomic E-state index is 10.4. The van der Waals surface area contributed by atoms with Gasteiger partial charge in [-0.25, -0.2) is 0 Å². The van der Waals surface area contributed by atoms with Crippen molar-refractivity contribution in [3.63, 3.8) is 0 Å². The van der Waals surface area contributed by atoms with Gasteiger partial charge in [0.15, 0.2) is 0 Å².